The summed E-state index contributed by atoms with van der Waals surface area (Å²) in [6, 6.07) is 14.3. The Labute approximate surface area is 234 Å². The summed E-state index contributed by atoms with van der Waals surface area (Å²) < 4.78 is 2.10. The lowest BCUT2D eigenvalue weighted by Crippen LogP contribution is -2.55. The molecule has 4 rings (SSSR count). The van der Waals surface area contributed by atoms with Crippen LogP contribution in [0.25, 0.3) is 16.4 Å². The molecule has 1 aliphatic heterocycles. The number of para-hydroxylation sites is 1. The monoisotopic (exact) mass is 553 g/mol. The Morgan fingerprint density at radius 2 is 1.74 bits per heavy atom. The summed E-state index contributed by atoms with van der Waals surface area (Å²) in [4.78, 5) is 30.6. The average molecular weight is 554 g/mol. The van der Waals surface area contributed by atoms with Gasteiger partial charge in [0.05, 0.1) is 4.88 Å². The van der Waals surface area contributed by atoms with Gasteiger partial charge in [-0.1, -0.05) is 68.6 Å². The van der Waals surface area contributed by atoms with Gasteiger partial charge in [-0.25, -0.2) is 0 Å². The van der Waals surface area contributed by atoms with Gasteiger partial charge in [0.25, 0.3) is 0 Å². The number of carbonyl (C=O) groups excluding carboxylic acids is 2. The van der Waals surface area contributed by atoms with E-state index in [2.05, 4.69) is 46.8 Å². The molecule has 1 saturated heterocycles. The SMILES string of the molecule is CCCCCCCC(=O)N1CCN(C(=O)CCCSc2nnc(-c3cccs3)n2-c2ccccc2)CC1C. The van der Waals surface area contributed by atoms with Crippen molar-refractivity contribution in [2.24, 2.45) is 0 Å². The van der Waals surface area contributed by atoms with Crippen molar-refractivity contribution in [1.82, 2.24) is 24.6 Å². The molecule has 0 saturated carbocycles. The zero-order valence-corrected chi connectivity index (χ0v) is 24.2. The van der Waals surface area contributed by atoms with E-state index in [4.69, 9.17) is 0 Å². The third kappa shape index (κ3) is 7.47. The molecule has 0 bridgehead atoms. The molecule has 2 aromatic heterocycles. The van der Waals surface area contributed by atoms with Gasteiger partial charge in [0.15, 0.2) is 11.0 Å². The number of rotatable bonds is 13. The summed E-state index contributed by atoms with van der Waals surface area (Å²) in [6.45, 7) is 6.16. The topological polar surface area (TPSA) is 71.3 Å². The zero-order chi connectivity index (χ0) is 26.7. The molecule has 1 fully saturated rings. The van der Waals surface area contributed by atoms with Gasteiger partial charge in [-0.05, 0) is 43.3 Å². The van der Waals surface area contributed by atoms with E-state index in [1.165, 1.54) is 19.3 Å². The number of nitrogens with zero attached hydrogens (tertiary/aromatic N) is 5. The van der Waals surface area contributed by atoms with Crippen molar-refractivity contribution in [2.75, 3.05) is 25.4 Å². The summed E-state index contributed by atoms with van der Waals surface area (Å²) in [5, 5.41) is 11.8. The highest BCUT2D eigenvalue weighted by molar-refractivity contribution is 7.99. The molecule has 2 amide bonds. The van der Waals surface area contributed by atoms with Crippen molar-refractivity contribution < 1.29 is 9.59 Å². The number of hydrogen-bond donors (Lipinski definition) is 0. The summed E-state index contributed by atoms with van der Waals surface area (Å²) in [7, 11) is 0. The van der Waals surface area contributed by atoms with E-state index < -0.39 is 0 Å². The number of amides is 2. The third-order valence-electron chi connectivity index (χ3n) is 6.95. The fourth-order valence-corrected chi connectivity index (χ4v) is 6.45. The highest BCUT2D eigenvalue weighted by Gasteiger charge is 2.29. The number of hydrogen-bond acceptors (Lipinski definition) is 6. The van der Waals surface area contributed by atoms with Gasteiger partial charge in [0.2, 0.25) is 11.8 Å². The number of carbonyl (C=O) groups is 2. The Balaban J connectivity index is 1.24. The molecule has 7 nitrogen and oxygen atoms in total. The van der Waals surface area contributed by atoms with E-state index in [9.17, 15) is 9.59 Å². The van der Waals surface area contributed by atoms with Crippen molar-refractivity contribution in [1.29, 1.82) is 0 Å². The Bertz CT molecular complexity index is 1150. The van der Waals surface area contributed by atoms with E-state index in [0.717, 1.165) is 46.6 Å². The molecule has 0 aliphatic carbocycles. The van der Waals surface area contributed by atoms with E-state index in [-0.39, 0.29) is 17.9 Å². The van der Waals surface area contributed by atoms with Gasteiger partial charge >= 0.3 is 0 Å². The van der Waals surface area contributed by atoms with Crippen molar-refractivity contribution >= 4 is 34.9 Å². The first-order valence-electron chi connectivity index (χ1n) is 13.8. The number of benzene rings is 1. The number of unbranched alkanes of at least 4 members (excludes halogenated alkanes) is 4. The van der Waals surface area contributed by atoms with E-state index >= 15 is 0 Å². The van der Waals surface area contributed by atoms with E-state index in [1.54, 1.807) is 23.1 Å². The Morgan fingerprint density at radius 3 is 2.47 bits per heavy atom. The summed E-state index contributed by atoms with van der Waals surface area (Å²) in [5.41, 5.74) is 1.03. The fourth-order valence-electron chi connectivity index (χ4n) is 4.86. The smallest absolute Gasteiger partial charge is 0.222 e. The van der Waals surface area contributed by atoms with Crippen LogP contribution in [-0.4, -0.2) is 67.8 Å². The van der Waals surface area contributed by atoms with Gasteiger partial charge < -0.3 is 9.80 Å². The fraction of sp³-hybridized carbons (Fsp3) is 0.517. The van der Waals surface area contributed by atoms with Gasteiger partial charge in [0.1, 0.15) is 0 Å². The zero-order valence-electron chi connectivity index (χ0n) is 22.6. The molecular weight excluding hydrogens is 514 g/mol. The van der Waals surface area contributed by atoms with Gasteiger partial charge in [-0.15, -0.1) is 21.5 Å². The first-order valence-corrected chi connectivity index (χ1v) is 15.7. The van der Waals surface area contributed by atoms with Crippen LogP contribution in [-0.2, 0) is 9.59 Å². The molecule has 1 aliphatic rings. The van der Waals surface area contributed by atoms with E-state index in [1.807, 2.05) is 39.4 Å². The minimum absolute atomic E-state index is 0.0744. The van der Waals surface area contributed by atoms with Crippen LogP contribution in [0.2, 0.25) is 0 Å². The first kappa shape index (κ1) is 28.4. The van der Waals surface area contributed by atoms with Crippen LogP contribution in [0.4, 0.5) is 0 Å². The van der Waals surface area contributed by atoms with Crippen molar-refractivity contribution in [3.05, 3.63) is 47.8 Å². The molecule has 38 heavy (non-hydrogen) atoms. The second-order valence-corrected chi connectivity index (χ2v) is 11.9. The van der Waals surface area contributed by atoms with Crippen LogP contribution in [0.3, 0.4) is 0 Å². The van der Waals surface area contributed by atoms with Crippen LogP contribution < -0.4 is 0 Å². The maximum Gasteiger partial charge on any atom is 0.222 e. The van der Waals surface area contributed by atoms with Gasteiger partial charge in [-0.3, -0.25) is 14.2 Å². The molecule has 1 aromatic carbocycles. The lowest BCUT2D eigenvalue weighted by atomic mass is 10.1. The highest BCUT2D eigenvalue weighted by Crippen LogP contribution is 2.30. The maximum atomic E-state index is 12.9. The van der Waals surface area contributed by atoms with Crippen LogP contribution in [0, 0.1) is 0 Å². The summed E-state index contributed by atoms with van der Waals surface area (Å²) in [6.07, 6.45) is 7.66. The molecular formula is C29H39N5O2S2. The van der Waals surface area contributed by atoms with Crippen molar-refractivity contribution in [3.63, 3.8) is 0 Å². The molecule has 3 heterocycles. The molecule has 3 aromatic rings. The largest absolute Gasteiger partial charge is 0.339 e. The maximum absolute atomic E-state index is 12.9. The molecule has 204 valence electrons. The lowest BCUT2D eigenvalue weighted by molar-refractivity contribution is -0.142. The minimum atomic E-state index is 0.0744. The van der Waals surface area contributed by atoms with Crippen LogP contribution in [0.1, 0.15) is 65.2 Å². The molecule has 1 atom stereocenters. The standard InChI is InChI=1S/C29H39N5O2S2/c1-3-4-5-6-10-16-27(36)33-19-18-32(22-23(33)2)26(35)17-12-21-38-29-31-30-28(25-15-11-20-37-25)34(29)24-13-8-7-9-14-24/h7-9,11,13-15,20,23H,3-6,10,12,16-19,21-22H2,1-2H3. The summed E-state index contributed by atoms with van der Waals surface area (Å²) in [5.74, 6) is 2.04. The predicted molar refractivity (Wildman–Crippen MR) is 156 cm³/mol. The average Bonchev–Trinajstić information content (AvgIpc) is 3.61. The number of thioether (sulfide) groups is 1. The van der Waals surface area contributed by atoms with Crippen LogP contribution in [0.5, 0.6) is 0 Å². The minimum Gasteiger partial charge on any atom is -0.339 e. The van der Waals surface area contributed by atoms with Gasteiger partial charge in [0, 0.05) is 50.0 Å². The predicted octanol–water partition coefficient (Wildman–Crippen LogP) is 6.29. The van der Waals surface area contributed by atoms with Crippen molar-refractivity contribution in [3.8, 4) is 16.4 Å². The lowest BCUT2D eigenvalue weighted by Gasteiger charge is -2.40. The Morgan fingerprint density at radius 1 is 0.947 bits per heavy atom. The number of aromatic nitrogens is 3. The first-order chi connectivity index (χ1) is 18.6. The second kappa shape index (κ2) is 14.5. The molecule has 1 unspecified atom stereocenters. The molecule has 0 N–H and O–H groups in total. The van der Waals surface area contributed by atoms with Crippen LogP contribution in [0.15, 0.2) is 53.0 Å². The second-order valence-electron chi connectivity index (χ2n) is 9.85. The Hall–Kier alpha value is -2.65. The summed E-state index contributed by atoms with van der Waals surface area (Å²) >= 11 is 3.28. The quantitative estimate of drug-likeness (QED) is 0.184. The van der Waals surface area contributed by atoms with Gasteiger partial charge in [-0.2, -0.15) is 0 Å². The normalized spacial score (nSPS) is 15.7. The number of thiophene rings is 1. The molecule has 0 spiro atoms. The Kier molecular flexibility index (Phi) is 10.8. The molecule has 0 radical (unpaired) electrons. The molecule has 9 heteroatoms. The van der Waals surface area contributed by atoms with Crippen LogP contribution >= 0.6 is 23.1 Å². The highest BCUT2D eigenvalue weighted by atomic mass is 32.2. The number of piperazine rings is 1. The third-order valence-corrected chi connectivity index (χ3v) is 8.83. The van der Waals surface area contributed by atoms with Crippen molar-refractivity contribution in [2.45, 2.75) is 76.4 Å². The van der Waals surface area contributed by atoms with E-state index in [0.29, 0.717) is 32.5 Å².